The van der Waals surface area contributed by atoms with Crippen molar-refractivity contribution in [3.05, 3.63) is 86.8 Å². The zero-order chi connectivity index (χ0) is 26.4. The number of aromatic amines is 1. The number of hydrogen-bond acceptors (Lipinski definition) is 5. The Labute approximate surface area is 217 Å². The Morgan fingerprint density at radius 3 is 2.68 bits per heavy atom. The Morgan fingerprint density at radius 2 is 1.95 bits per heavy atom. The summed E-state index contributed by atoms with van der Waals surface area (Å²) in [5, 5.41) is 13.1. The summed E-state index contributed by atoms with van der Waals surface area (Å²) < 4.78 is 5.97. The monoisotopic (exact) mass is 501 g/mol. The van der Waals surface area contributed by atoms with Gasteiger partial charge in [0.1, 0.15) is 17.6 Å². The third-order valence-corrected chi connectivity index (χ3v) is 6.76. The maximum atomic E-state index is 12.8. The van der Waals surface area contributed by atoms with Crippen LogP contribution in [0.2, 0.25) is 0 Å². The van der Waals surface area contributed by atoms with Gasteiger partial charge in [-0.05, 0) is 66.5 Å². The van der Waals surface area contributed by atoms with Crippen LogP contribution in [0.15, 0.2) is 53.3 Å². The van der Waals surface area contributed by atoms with E-state index in [2.05, 4.69) is 28.5 Å². The van der Waals surface area contributed by atoms with Crippen LogP contribution in [0.4, 0.5) is 0 Å². The van der Waals surface area contributed by atoms with Gasteiger partial charge in [0.15, 0.2) is 0 Å². The fraction of sp³-hybridized carbons (Fsp3) is 0.367. The molecule has 4 rings (SSSR count). The van der Waals surface area contributed by atoms with Crippen LogP contribution in [-0.2, 0) is 30.6 Å². The van der Waals surface area contributed by atoms with E-state index in [-0.39, 0.29) is 5.56 Å². The second kappa shape index (κ2) is 12.0. The SMILES string of the molecule is CCCOc1ccc(CNC(CC2=CCc3ccccc32)C(=O)O)cc1-c1nc(CC)c(CC)c(=O)[nH]1. The molecule has 0 fully saturated rings. The minimum atomic E-state index is -0.887. The molecule has 3 aromatic rings. The highest BCUT2D eigenvalue weighted by Gasteiger charge is 2.23. The van der Waals surface area contributed by atoms with Crippen molar-refractivity contribution in [3.8, 4) is 17.1 Å². The lowest BCUT2D eigenvalue weighted by Gasteiger charge is -2.18. The molecule has 194 valence electrons. The van der Waals surface area contributed by atoms with Crippen molar-refractivity contribution >= 4 is 11.5 Å². The number of allylic oxidation sites excluding steroid dienone is 1. The van der Waals surface area contributed by atoms with Gasteiger partial charge < -0.3 is 20.1 Å². The van der Waals surface area contributed by atoms with E-state index in [1.54, 1.807) is 0 Å². The van der Waals surface area contributed by atoms with Gasteiger partial charge in [-0.15, -0.1) is 0 Å². The van der Waals surface area contributed by atoms with E-state index in [0.29, 0.717) is 55.1 Å². The first-order valence-corrected chi connectivity index (χ1v) is 13.1. The minimum Gasteiger partial charge on any atom is -0.493 e. The van der Waals surface area contributed by atoms with E-state index in [4.69, 9.17) is 9.72 Å². The number of aliphatic carboxylic acids is 1. The quantitative estimate of drug-likeness (QED) is 0.325. The van der Waals surface area contributed by atoms with Crippen LogP contribution in [0.3, 0.4) is 0 Å². The van der Waals surface area contributed by atoms with E-state index in [9.17, 15) is 14.7 Å². The first kappa shape index (κ1) is 26.4. The van der Waals surface area contributed by atoms with Crippen LogP contribution in [0.5, 0.6) is 5.75 Å². The lowest BCUT2D eigenvalue weighted by Crippen LogP contribution is -2.36. The molecule has 0 saturated carbocycles. The van der Waals surface area contributed by atoms with Crippen LogP contribution in [-0.4, -0.2) is 33.7 Å². The van der Waals surface area contributed by atoms with Crippen LogP contribution in [0, 0.1) is 0 Å². The average Bonchev–Trinajstić information content (AvgIpc) is 3.32. The number of carbonyl (C=O) groups is 1. The summed E-state index contributed by atoms with van der Waals surface area (Å²) in [6.45, 7) is 6.87. The second-order valence-corrected chi connectivity index (χ2v) is 9.29. The summed E-state index contributed by atoms with van der Waals surface area (Å²) >= 11 is 0. The maximum Gasteiger partial charge on any atom is 0.321 e. The molecule has 0 radical (unpaired) electrons. The van der Waals surface area contributed by atoms with Gasteiger partial charge in [-0.1, -0.05) is 57.2 Å². The zero-order valence-corrected chi connectivity index (χ0v) is 21.8. The summed E-state index contributed by atoms with van der Waals surface area (Å²) in [4.78, 5) is 32.5. The second-order valence-electron chi connectivity index (χ2n) is 9.29. The number of fused-ring (bicyclic) bond motifs is 1. The van der Waals surface area contributed by atoms with Gasteiger partial charge >= 0.3 is 5.97 Å². The van der Waals surface area contributed by atoms with E-state index in [0.717, 1.165) is 35.2 Å². The predicted molar refractivity (Wildman–Crippen MR) is 146 cm³/mol. The van der Waals surface area contributed by atoms with Crippen molar-refractivity contribution in [2.45, 2.75) is 65.5 Å². The maximum absolute atomic E-state index is 12.8. The Morgan fingerprint density at radius 1 is 1.14 bits per heavy atom. The minimum absolute atomic E-state index is 0.134. The summed E-state index contributed by atoms with van der Waals surface area (Å²) in [6.07, 6.45) is 5.49. The number of hydrogen-bond donors (Lipinski definition) is 3. The number of carboxylic acids is 1. The Balaban J connectivity index is 1.58. The highest BCUT2D eigenvalue weighted by molar-refractivity contribution is 5.80. The van der Waals surface area contributed by atoms with E-state index >= 15 is 0 Å². The molecule has 0 amide bonds. The zero-order valence-electron chi connectivity index (χ0n) is 21.8. The molecule has 0 bridgehead atoms. The fourth-order valence-electron chi connectivity index (χ4n) is 4.79. The number of benzene rings is 2. The normalized spacial score (nSPS) is 13.2. The van der Waals surface area contributed by atoms with E-state index < -0.39 is 12.0 Å². The van der Waals surface area contributed by atoms with Crippen molar-refractivity contribution in [1.29, 1.82) is 0 Å². The van der Waals surface area contributed by atoms with Crippen molar-refractivity contribution in [2.75, 3.05) is 6.61 Å². The molecule has 37 heavy (non-hydrogen) atoms. The number of carboxylic acid groups (broad SMARTS) is 1. The number of rotatable bonds is 12. The number of nitrogens with one attached hydrogen (secondary N) is 2. The molecule has 1 aromatic heterocycles. The first-order chi connectivity index (χ1) is 17.9. The molecule has 1 aliphatic carbocycles. The molecular formula is C30H35N3O4. The molecule has 1 aliphatic rings. The predicted octanol–water partition coefficient (Wildman–Crippen LogP) is 4.92. The lowest BCUT2D eigenvalue weighted by molar-refractivity contribution is -0.139. The van der Waals surface area contributed by atoms with Gasteiger partial charge in [-0.2, -0.15) is 0 Å². The molecule has 0 aliphatic heterocycles. The molecular weight excluding hydrogens is 466 g/mol. The standard InChI is InChI=1S/C30H35N3O4/c1-4-15-37-27-14-11-19(16-24(27)28-32-25(6-3)22(5-2)29(34)33-28)18-31-26(30(35)36)17-21-13-12-20-9-7-8-10-23(20)21/h7-11,13-14,16,26,31H,4-6,12,15,17-18H2,1-3H3,(H,35,36)(H,32,33,34). The Kier molecular flexibility index (Phi) is 8.56. The third-order valence-electron chi connectivity index (χ3n) is 6.76. The summed E-state index contributed by atoms with van der Waals surface area (Å²) in [7, 11) is 0. The third kappa shape index (κ3) is 6.00. The van der Waals surface area contributed by atoms with Crippen molar-refractivity contribution in [1.82, 2.24) is 15.3 Å². The molecule has 1 unspecified atom stereocenters. The number of ether oxygens (including phenoxy) is 1. The average molecular weight is 502 g/mol. The van der Waals surface area contributed by atoms with Crippen LogP contribution in [0.25, 0.3) is 17.0 Å². The largest absolute Gasteiger partial charge is 0.493 e. The van der Waals surface area contributed by atoms with Crippen molar-refractivity contribution in [3.63, 3.8) is 0 Å². The van der Waals surface area contributed by atoms with Crippen molar-refractivity contribution < 1.29 is 14.6 Å². The molecule has 2 aromatic carbocycles. The molecule has 0 saturated heterocycles. The highest BCUT2D eigenvalue weighted by Crippen LogP contribution is 2.31. The summed E-state index contributed by atoms with van der Waals surface area (Å²) in [5.74, 6) is 0.221. The molecule has 7 heteroatoms. The summed E-state index contributed by atoms with van der Waals surface area (Å²) in [5.41, 5.74) is 6.35. The summed E-state index contributed by atoms with van der Waals surface area (Å²) in [6, 6.07) is 13.1. The van der Waals surface area contributed by atoms with Crippen LogP contribution >= 0.6 is 0 Å². The van der Waals surface area contributed by atoms with E-state index in [1.807, 2.05) is 51.1 Å². The van der Waals surface area contributed by atoms with Crippen LogP contribution in [0.1, 0.15) is 61.6 Å². The van der Waals surface area contributed by atoms with Crippen LogP contribution < -0.4 is 15.6 Å². The van der Waals surface area contributed by atoms with Gasteiger partial charge in [0, 0.05) is 12.1 Å². The molecule has 3 N–H and O–H groups in total. The highest BCUT2D eigenvalue weighted by atomic mass is 16.5. The molecule has 0 spiro atoms. The smallest absolute Gasteiger partial charge is 0.321 e. The first-order valence-electron chi connectivity index (χ1n) is 13.1. The molecule has 1 atom stereocenters. The van der Waals surface area contributed by atoms with Gasteiger partial charge in [0.2, 0.25) is 0 Å². The topological polar surface area (TPSA) is 104 Å². The number of H-pyrrole nitrogens is 1. The van der Waals surface area contributed by atoms with E-state index in [1.165, 1.54) is 5.56 Å². The molecule has 7 nitrogen and oxygen atoms in total. The Hall–Kier alpha value is -3.71. The fourth-order valence-corrected chi connectivity index (χ4v) is 4.79. The van der Waals surface area contributed by atoms with Gasteiger partial charge in [0.25, 0.3) is 5.56 Å². The van der Waals surface area contributed by atoms with Crippen molar-refractivity contribution in [2.24, 2.45) is 0 Å². The molecule has 1 heterocycles. The number of aromatic nitrogens is 2. The lowest BCUT2D eigenvalue weighted by atomic mass is 9.99. The van der Waals surface area contributed by atoms with Gasteiger partial charge in [-0.3, -0.25) is 9.59 Å². The van der Waals surface area contributed by atoms with Gasteiger partial charge in [0.05, 0.1) is 17.9 Å². The Bertz CT molecular complexity index is 1360. The van der Waals surface area contributed by atoms with Gasteiger partial charge in [-0.25, -0.2) is 4.98 Å². The number of aryl methyl sites for hydroxylation is 1. The number of nitrogens with zero attached hydrogens (tertiary/aromatic N) is 1.